The van der Waals surface area contributed by atoms with Gasteiger partial charge in [-0.1, -0.05) is 18.2 Å². The van der Waals surface area contributed by atoms with Crippen molar-refractivity contribution in [3.8, 4) is 0 Å². The van der Waals surface area contributed by atoms with Gasteiger partial charge in [-0.25, -0.2) is 0 Å². The van der Waals surface area contributed by atoms with Crippen molar-refractivity contribution in [1.29, 1.82) is 0 Å². The van der Waals surface area contributed by atoms with Crippen LogP contribution in [-0.4, -0.2) is 21.8 Å². The molecule has 20 heavy (non-hydrogen) atoms. The SMILES string of the molecule is CNC(c1cccc2ncccc12)c1cc(C)nn1C. The number of aryl methyl sites for hydroxylation is 2. The zero-order chi connectivity index (χ0) is 14.1. The van der Waals surface area contributed by atoms with Crippen molar-refractivity contribution in [1.82, 2.24) is 20.1 Å². The summed E-state index contributed by atoms with van der Waals surface area (Å²) in [5, 5.41) is 9.01. The highest BCUT2D eigenvalue weighted by Crippen LogP contribution is 2.28. The lowest BCUT2D eigenvalue weighted by Crippen LogP contribution is -2.20. The Morgan fingerprint density at radius 1 is 1.20 bits per heavy atom. The first kappa shape index (κ1) is 12.8. The highest BCUT2D eigenvalue weighted by atomic mass is 15.3. The van der Waals surface area contributed by atoms with Crippen LogP contribution in [0.3, 0.4) is 0 Å². The van der Waals surface area contributed by atoms with Gasteiger partial charge in [-0.15, -0.1) is 0 Å². The first-order valence-corrected chi connectivity index (χ1v) is 6.72. The third kappa shape index (κ3) is 2.08. The summed E-state index contributed by atoms with van der Waals surface area (Å²) in [5.41, 5.74) is 4.42. The van der Waals surface area contributed by atoms with Crippen molar-refractivity contribution in [2.24, 2.45) is 7.05 Å². The molecule has 3 aromatic rings. The van der Waals surface area contributed by atoms with Gasteiger partial charge in [0.05, 0.1) is 22.9 Å². The van der Waals surface area contributed by atoms with Crippen molar-refractivity contribution < 1.29 is 0 Å². The second kappa shape index (κ2) is 5.06. The number of hydrogen-bond donors (Lipinski definition) is 1. The van der Waals surface area contributed by atoms with E-state index >= 15 is 0 Å². The van der Waals surface area contributed by atoms with Gasteiger partial charge in [0, 0.05) is 18.6 Å². The summed E-state index contributed by atoms with van der Waals surface area (Å²) < 4.78 is 1.94. The largest absolute Gasteiger partial charge is 0.308 e. The Bertz CT molecular complexity index is 740. The Labute approximate surface area is 118 Å². The summed E-state index contributed by atoms with van der Waals surface area (Å²) in [5.74, 6) is 0. The zero-order valence-electron chi connectivity index (χ0n) is 12.0. The molecule has 0 saturated heterocycles. The average Bonchev–Trinajstić information content (AvgIpc) is 2.79. The van der Waals surface area contributed by atoms with Gasteiger partial charge in [-0.3, -0.25) is 9.67 Å². The predicted octanol–water partition coefficient (Wildman–Crippen LogP) is 2.59. The third-order valence-corrected chi connectivity index (χ3v) is 3.61. The number of hydrogen-bond acceptors (Lipinski definition) is 3. The molecule has 0 bridgehead atoms. The van der Waals surface area contributed by atoms with E-state index in [0.717, 1.165) is 16.9 Å². The maximum atomic E-state index is 4.45. The smallest absolute Gasteiger partial charge is 0.0752 e. The van der Waals surface area contributed by atoms with Gasteiger partial charge in [0.1, 0.15) is 0 Å². The first-order chi connectivity index (χ1) is 9.70. The second-order valence-electron chi connectivity index (χ2n) is 4.97. The molecule has 0 radical (unpaired) electrons. The maximum absolute atomic E-state index is 4.45. The van der Waals surface area contributed by atoms with E-state index in [2.05, 4.69) is 39.7 Å². The molecule has 0 saturated carbocycles. The van der Waals surface area contributed by atoms with Crippen LogP contribution < -0.4 is 5.32 Å². The van der Waals surface area contributed by atoms with E-state index in [-0.39, 0.29) is 6.04 Å². The number of nitrogens with one attached hydrogen (secondary N) is 1. The fourth-order valence-corrected chi connectivity index (χ4v) is 2.74. The van der Waals surface area contributed by atoms with E-state index < -0.39 is 0 Å². The van der Waals surface area contributed by atoms with Crippen LogP contribution in [0.25, 0.3) is 10.9 Å². The van der Waals surface area contributed by atoms with E-state index in [9.17, 15) is 0 Å². The van der Waals surface area contributed by atoms with Crippen LogP contribution in [0.4, 0.5) is 0 Å². The lowest BCUT2D eigenvalue weighted by Gasteiger charge is -2.18. The molecule has 1 atom stereocenters. The predicted molar refractivity (Wildman–Crippen MR) is 80.6 cm³/mol. The van der Waals surface area contributed by atoms with E-state index in [0.29, 0.717) is 0 Å². The molecule has 0 amide bonds. The molecule has 1 N–H and O–H groups in total. The fraction of sp³-hybridized carbons (Fsp3) is 0.250. The van der Waals surface area contributed by atoms with Crippen molar-refractivity contribution in [3.63, 3.8) is 0 Å². The minimum Gasteiger partial charge on any atom is -0.308 e. The lowest BCUT2D eigenvalue weighted by molar-refractivity contribution is 0.607. The summed E-state index contributed by atoms with van der Waals surface area (Å²) in [7, 11) is 3.96. The number of fused-ring (bicyclic) bond motifs is 1. The standard InChI is InChI=1S/C16H18N4/c1-11-10-15(20(3)19-11)16(17-2)13-6-4-8-14-12(13)7-5-9-18-14/h4-10,16-17H,1-3H3. The Kier molecular flexibility index (Phi) is 3.24. The number of rotatable bonds is 3. The summed E-state index contributed by atoms with van der Waals surface area (Å²) in [6, 6.07) is 12.6. The number of nitrogens with zero attached hydrogens (tertiary/aromatic N) is 3. The van der Waals surface area contributed by atoms with E-state index in [1.807, 2.05) is 44.0 Å². The van der Waals surface area contributed by atoms with Crippen LogP contribution in [0, 0.1) is 6.92 Å². The molecule has 0 aliphatic rings. The molecule has 4 heteroatoms. The molecule has 4 nitrogen and oxygen atoms in total. The molecule has 0 spiro atoms. The quantitative estimate of drug-likeness (QED) is 0.792. The minimum atomic E-state index is 0.106. The van der Waals surface area contributed by atoms with Crippen molar-refractivity contribution in [2.45, 2.75) is 13.0 Å². The van der Waals surface area contributed by atoms with Gasteiger partial charge in [0.2, 0.25) is 0 Å². The third-order valence-electron chi connectivity index (χ3n) is 3.61. The van der Waals surface area contributed by atoms with E-state index in [4.69, 9.17) is 0 Å². The highest BCUT2D eigenvalue weighted by Gasteiger charge is 2.18. The van der Waals surface area contributed by atoms with Crippen LogP contribution in [0.1, 0.15) is 23.0 Å². The zero-order valence-corrected chi connectivity index (χ0v) is 12.0. The summed E-state index contributed by atoms with van der Waals surface area (Å²) >= 11 is 0. The van der Waals surface area contributed by atoms with Crippen LogP contribution in [0.5, 0.6) is 0 Å². The summed E-state index contributed by atoms with van der Waals surface area (Å²) in [6.07, 6.45) is 1.83. The van der Waals surface area contributed by atoms with Gasteiger partial charge in [0.15, 0.2) is 0 Å². The average molecular weight is 266 g/mol. The normalized spacial score (nSPS) is 12.8. The van der Waals surface area contributed by atoms with Crippen LogP contribution in [0.15, 0.2) is 42.6 Å². The second-order valence-corrected chi connectivity index (χ2v) is 4.97. The number of pyridine rings is 1. The molecule has 0 fully saturated rings. The van der Waals surface area contributed by atoms with Crippen LogP contribution in [-0.2, 0) is 7.05 Å². The topological polar surface area (TPSA) is 42.7 Å². The minimum absolute atomic E-state index is 0.106. The molecule has 0 aliphatic carbocycles. The Hall–Kier alpha value is -2.20. The number of benzene rings is 1. The molecule has 0 aliphatic heterocycles. The maximum Gasteiger partial charge on any atom is 0.0752 e. The van der Waals surface area contributed by atoms with Crippen molar-refractivity contribution in [2.75, 3.05) is 7.05 Å². The van der Waals surface area contributed by atoms with E-state index in [1.165, 1.54) is 10.9 Å². The summed E-state index contributed by atoms with van der Waals surface area (Å²) in [6.45, 7) is 2.01. The Morgan fingerprint density at radius 2 is 2.05 bits per heavy atom. The lowest BCUT2D eigenvalue weighted by atomic mass is 9.98. The molecular formula is C16H18N4. The Balaban J connectivity index is 2.19. The van der Waals surface area contributed by atoms with E-state index in [1.54, 1.807) is 0 Å². The molecule has 1 aromatic carbocycles. The van der Waals surface area contributed by atoms with Gasteiger partial charge < -0.3 is 5.32 Å². The molecule has 2 heterocycles. The van der Waals surface area contributed by atoms with Gasteiger partial charge in [-0.2, -0.15) is 5.10 Å². The highest BCUT2D eigenvalue weighted by molar-refractivity contribution is 5.82. The van der Waals surface area contributed by atoms with Crippen molar-refractivity contribution >= 4 is 10.9 Å². The molecule has 3 rings (SSSR count). The van der Waals surface area contributed by atoms with Gasteiger partial charge >= 0.3 is 0 Å². The van der Waals surface area contributed by atoms with Crippen molar-refractivity contribution in [3.05, 3.63) is 59.5 Å². The summed E-state index contributed by atoms with van der Waals surface area (Å²) in [4.78, 5) is 4.43. The van der Waals surface area contributed by atoms with Gasteiger partial charge in [-0.05, 0) is 37.7 Å². The molecule has 1 unspecified atom stereocenters. The fourth-order valence-electron chi connectivity index (χ4n) is 2.74. The van der Waals surface area contributed by atoms with Gasteiger partial charge in [0.25, 0.3) is 0 Å². The van der Waals surface area contributed by atoms with Crippen LogP contribution >= 0.6 is 0 Å². The molecule has 2 aromatic heterocycles. The monoisotopic (exact) mass is 266 g/mol. The first-order valence-electron chi connectivity index (χ1n) is 6.72. The number of aromatic nitrogens is 3. The molecule has 102 valence electrons. The van der Waals surface area contributed by atoms with Crippen LogP contribution in [0.2, 0.25) is 0 Å². The molecular weight excluding hydrogens is 248 g/mol. The Morgan fingerprint density at radius 3 is 2.75 bits per heavy atom.